The molecule has 0 atom stereocenters. The summed E-state index contributed by atoms with van der Waals surface area (Å²) in [6, 6.07) is 3.90. The predicted octanol–water partition coefficient (Wildman–Crippen LogP) is 3.97. The zero-order valence-corrected chi connectivity index (χ0v) is 17.6. The summed E-state index contributed by atoms with van der Waals surface area (Å²) in [6.07, 6.45) is 4.76. The second-order valence-corrected chi connectivity index (χ2v) is 8.88. The maximum atomic E-state index is 12.9. The SMILES string of the molecule is O=C(Nc1nc2c(s1)CN(C(=O)c1cc(Cl)ccc1[N+](=O)[O-])CC2)NC1CCCC1. The van der Waals surface area contributed by atoms with Gasteiger partial charge in [0.1, 0.15) is 5.56 Å². The maximum absolute atomic E-state index is 12.9. The van der Waals surface area contributed by atoms with Crippen molar-refractivity contribution >= 4 is 45.7 Å². The highest BCUT2D eigenvalue weighted by atomic mass is 35.5. The molecule has 30 heavy (non-hydrogen) atoms. The molecule has 0 bridgehead atoms. The lowest BCUT2D eigenvalue weighted by atomic mass is 10.1. The van der Waals surface area contributed by atoms with E-state index in [2.05, 4.69) is 15.6 Å². The van der Waals surface area contributed by atoms with Gasteiger partial charge in [-0.25, -0.2) is 9.78 Å². The fourth-order valence-corrected chi connectivity index (χ4v) is 5.01. The van der Waals surface area contributed by atoms with Gasteiger partial charge in [-0.05, 0) is 25.0 Å². The Kier molecular flexibility index (Phi) is 5.87. The number of aromatic nitrogens is 1. The van der Waals surface area contributed by atoms with Gasteiger partial charge in [0, 0.05) is 35.0 Å². The number of amides is 3. The van der Waals surface area contributed by atoms with Crippen LogP contribution in [-0.4, -0.2) is 39.3 Å². The molecule has 0 radical (unpaired) electrons. The summed E-state index contributed by atoms with van der Waals surface area (Å²) in [4.78, 5) is 42.7. The summed E-state index contributed by atoms with van der Waals surface area (Å²) in [5.74, 6) is -0.447. The van der Waals surface area contributed by atoms with Crippen LogP contribution in [0.1, 0.15) is 46.6 Å². The molecule has 2 N–H and O–H groups in total. The summed E-state index contributed by atoms with van der Waals surface area (Å²) >= 11 is 7.27. The van der Waals surface area contributed by atoms with Crippen LogP contribution in [0.3, 0.4) is 0 Å². The van der Waals surface area contributed by atoms with E-state index < -0.39 is 10.8 Å². The molecular weight excluding hydrogens is 430 g/mol. The molecule has 1 aliphatic carbocycles. The molecule has 1 fully saturated rings. The van der Waals surface area contributed by atoms with Gasteiger partial charge in [0.05, 0.1) is 17.2 Å². The van der Waals surface area contributed by atoms with Crippen LogP contribution < -0.4 is 10.6 Å². The molecule has 1 aromatic carbocycles. The lowest BCUT2D eigenvalue weighted by Crippen LogP contribution is -2.36. The molecule has 4 rings (SSSR count). The molecule has 3 amide bonds. The van der Waals surface area contributed by atoms with Crippen LogP contribution in [0.4, 0.5) is 15.6 Å². The highest BCUT2D eigenvalue weighted by Crippen LogP contribution is 2.31. The number of benzene rings is 1. The zero-order valence-electron chi connectivity index (χ0n) is 16.0. The molecule has 1 aromatic heterocycles. The van der Waals surface area contributed by atoms with Gasteiger partial charge < -0.3 is 10.2 Å². The molecule has 2 aliphatic rings. The van der Waals surface area contributed by atoms with Gasteiger partial charge in [-0.3, -0.25) is 20.2 Å². The smallest absolute Gasteiger partial charge is 0.321 e. The van der Waals surface area contributed by atoms with E-state index in [1.54, 1.807) is 4.90 Å². The van der Waals surface area contributed by atoms with Gasteiger partial charge in [0.25, 0.3) is 11.6 Å². The number of rotatable bonds is 4. The summed E-state index contributed by atoms with van der Waals surface area (Å²) in [6.45, 7) is 0.661. The summed E-state index contributed by atoms with van der Waals surface area (Å²) < 4.78 is 0. The van der Waals surface area contributed by atoms with Crippen molar-refractivity contribution in [3.8, 4) is 0 Å². The minimum atomic E-state index is -0.587. The van der Waals surface area contributed by atoms with Gasteiger partial charge in [-0.15, -0.1) is 0 Å². The number of fused-ring (bicyclic) bond motifs is 1. The quantitative estimate of drug-likeness (QED) is 0.541. The van der Waals surface area contributed by atoms with Crippen molar-refractivity contribution in [3.63, 3.8) is 0 Å². The van der Waals surface area contributed by atoms with Crippen molar-refractivity contribution in [2.75, 3.05) is 11.9 Å². The Hall–Kier alpha value is -2.72. The molecule has 0 unspecified atom stereocenters. The van der Waals surface area contributed by atoms with Crippen LogP contribution in [0.5, 0.6) is 0 Å². The van der Waals surface area contributed by atoms with E-state index in [9.17, 15) is 19.7 Å². The summed E-state index contributed by atoms with van der Waals surface area (Å²) in [5.41, 5.74) is 0.529. The maximum Gasteiger partial charge on any atom is 0.321 e. The zero-order chi connectivity index (χ0) is 21.3. The number of carbonyl (C=O) groups excluding carboxylic acids is 2. The topological polar surface area (TPSA) is 117 Å². The molecule has 2 heterocycles. The third kappa shape index (κ3) is 4.39. The molecule has 1 aliphatic heterocycles. The van der Waals surface area contributed by atoms with E-state index >= 15 is 0 Å². The Morgan fingerprint density at radius 1 is 1.30 bits per heavy atom. The average Bonchev–Trinajstić information content (AvgIpc) is 3.35. The van der Waals surface area contributed by atoms with E-state index in [0.29, 0.717) is 18.1 Å². The molecular formula is C19H20ClN5O4S. The highest BCUT2D eigenvalue weighted by molar-refractivity contribution is 7.15. The molecule has 0 saturated heterocycles. The standard InChI is InChI=1S/C19H20ClN5O4S/c20-11-5-6-15(25(28)29)13(9-11)17(26)24-8-7-14-16(10-24)30-19(22-14)23-18(27)21-12-3-1-2-4-12/h5-6,9,12H,1-4,7-8,10H2,(H2,21,22,23,27). The van der Waals surface area contributed by atoms with Gasteiger partial charge >= 0.3 is 6.03 Å². The number of carbonyl (C=O) groups is 2. The van der Waals surface area contributed by atoms with Crippen LogP contribution in [0.25, 0.3) is 0 Å². The second kappa shape index (κ2) is 8.57. The van der Waals surface area contributed by atoms with Crippen molar-refractivity contribution in [2.45, 2.75) is 44.7 Å². The number of nitro benzene ring substituents is 1. The van der Waals surface area contributed by atoms with E-state index in [4.69, 9.17) is 11.6 Å². The second-order valence-electron chi connectivity index (χ2n) is 7.36. The predicted molar refractivity (Wildman–Crippen MR) is 113 cm³/mol. The normalized spacial score (nSPS) is 16.2. The Bertz CT molecular complexity index is 1000. The van der Waals surface area contributed by atoms with Crippen molar-refractivity contribution in [1.82, 2.24) is 15.2 Å². The Morgan fingerprint density at radius 2 is 2.07 bits per heavy atom. The summed E-state index contributed by atoms with van der Waals surface area (Å²) in [5, 5.41) is 17.8. The Balaban J connectivity index is 1.45. The van der Waals surface area contributed by atoms with E-state index in [0.717, 1.165) is 36.3 Å². The van der Waals surface area contributed by atoms with Gasteiger partial charge in [0.2, 0.25) is 0 Å². The van der Waals surface area contributed by atoms with E-state index in [-0.39, 0.29) is 34.9 Å². The van der Waals surface area contributed by atoms with Crippen LogP contribution in [-0.2, 0) is 13.0 Å². The largest absolute Gasteiger partial charge is 0.335 e. The number of hydrogen-bond acceptors (Lipinski definition) is 6. The van der Waals surface area contributed by atoms with E-state index in [1.807, 2.05) is 0 Å². The third-order valence-corrected chi connectivity index (χ3v) is 6.55. The number of nitro groups is 1. The minimum Gasteiger partial charge on any atom is -0.335 e. The first-order valence-corrected chi connectivity index (χ1v) is 10.9. The monoisotopic (exact) mass is 449 g/mol. The van der Waals surface area contributed by atoms with Crippen molar-refractivity contribution < 1.29 is 14.5 Å². The summed E-state index contributed by atoms with van der Waals surface area (Å²) in [7, 11) is 0. The van der Waals surface area contributed by atoms with Crippen molar-refractivity contribution in [1.29, 1.82) is 0 Å². The molecule has 11 heteroatoms. The molecule has 1 saturated carbocycles. The fourth-order valence-electron chi connectivity index (χ4n) is 3.82. The lowest BCUT2D eigenvalue weighted by molar-refractivity contribution is -0.385. The van der Waals surface area contributed by atoms with Gasteiger partial charge in [0.15, 0.2) is 5.13 Å². The lowest BCUT2D eigenvalue weighted by Gasteiger charge is -2.26. The van der Waals surface area contributed by atoms with Crippen LogP contribution >= 0.6 is 22.9 Å². The first-order chi connectivity index (χ1) is 14.4. The molecule has 2 aromatic rings. The number of hydrogen-bond donors (Lipinski definition) is 2. The first kappa shape index (κ1) is 20.5. The van der Waals surface area contributed by atoms with Gasteiger partial charge in [-0.1, -0.05) is 35.8 Å². The van der Waals surface area contributed by atoms with E-state index in [1.165, 1.54) is 29.5 Å². The minimum absolute atomic E-state index is 0.0326. The number of halogens is 1. The van der Waals surface area contributed by atoms with Gasteiger partial charge in [-0.2, -0.15) is 0 Å². The average molecular weight is 450 g/mol. The highest BCUT2D eigenvalue weighted by Gasteiger charge is 2.29. The molecule has 0 spiro atoms. The number of nitrogens with zero attached hydrogens (tertiary/aromatic N) is 3. The van der Waals surface area contributed by atoms with Crippen molar-refractivity contribution in [2.24, 2.45) is 0 Å². The Labute approximate surface area is 181 Å². The van der Waals surface area contributed by atoms with Crippen LogP contribution in [0.2, 0.25) is 5.02 Å². The number of thiazole rings is 1. The number of anilines is 1. The van der Waals surface area contributed by atoms with Crippen molar-refractivity contribution in [3.05, 3.63) is 49.5 Å². The fraction of sp³-hybridized carbons (Fsp3) is 0.421. The molecule has 9 nitrogen and oxygen atoms in total. The third-order valence-electron chi connectivity index (χ3n) is 5.32. The molecule has 158 valence electrons. The first-order valence-electron chi connectivity index (χ1n) is 9.70. The number of nitrogens with one attached hydrogen (secondary N) is 2. The number of urea groups is 1. The van der Waals surface area contributed by atoms with Crippen LogP contribution in [0, 0.1) is 10.1 Å². The van der Waals surface area contributed by atoms with Crippen LogP contribution in [0.15, 0.2) is 18.2 Å². The Morgan fingerprint density at radius 3 is 2.80 bits per heavy atom.